The summed E-state index contributed by atoms with van der Waals surface area (Å²) in [6.07, 6.45) is -1.38. The first-order valence-corrected chi connectivity index (χ1v) is 9.26. The summed E-state index contributed by atoms with van der Waals surface area (Å²) in [7, 11) is 1.39. The van der Waals surface area contributed by atoms with E-state index in [0.29, 0.717) is 12.2 Å². The summed E-state index contributed by atoms with van der Waals surface area (Å²) in [5, 5.41) is 13.7. The Labute approximate surface area is 166 Å². The van der Waals surface area contributed by atoms with Gasteiger partial charge in [-0.1, -0.05) is 25.5 Å². The lowest BCUT2D eigenvalue weighted by molar-refractivity contribution is -0.137. The molecule has 152 valence electrons. The van der Waals surface area contributed by atoms with Crippen molar-refractivity contribution in [2.24, 2.45) is 11.0 Å². The molecular formula is C21H20F3N3O2. The molecule has 1 aromatic heterocycles. The third-order valence-corrected chi connectivity index (χ3v) is 5.10. The number of methoxy groups -OCH3 is 1. The normalized spacial score (nSPS) is 18.5. The number of halogens is 3. The topological polar surface area (TPSA) is 67.4 Å². The van der Waals surface area contributed by atoms with E-state index in [9.17, 15) is 23.2 Å². The van der Waals surface area contributed by atoms with Crippen LogP contribution in [0, 0.1) is 17.2 Å². The van der Waals surface area contributed by atoms with Gasteiger partial charge in [0.1, 0.15) is 17.4 Å². The number of para-hydroxylation sites is 1. The first-order chi connectivity index (χ1) is 13.8. The van der Waals surface area contributed by atoms with Crippen LogP contribution in [-0.2, 0) is 6.18 Å². The van der Waals surface area contributed by atoms with Gasteiger partial charge in [0.25, 0.3) is 5.56 Å². The smallest absolute Gasteiger partial charge is 0.417 e. The zero-order valence-corrected chi connectivity index (χ0v) is 16.1. The van der Waals surface area contributed by atoms with Crippen LogP contribution in [0.1, 0.15) is 43.7 Å². The van der Waals surface area contributed by atoms with Gasteiger partial charge >= 0.3 is 6.18 Å². The van der Waals surface area contributed by atoms with E-state index in [2.05, 4.69) is 5.10 Å². The van der Waals surface area contributed by atoms with Crippen LogP contribution in [0.5, 0.6) is 5.75 Å². The Morgan fingerprint density at radius 2 is 2.00 bits per heavy atom. The monoisotopic (exact) mass is 403 g/mol. The van der Waals surface area contributed by atoms with E-state index in [1.165, 1.54) is 13.2 Å². The molecule has 2 aromatic rings. The molecule has 1 fully saturated rings. The van der Waals surface area contributed by atoms with Crippen molar-refractivity contribution in [1.29, 1.82) is 5.26 Å². The van der Waals surface area contributed by atoms with Gasteiger partial charge in [-0.2, -0.15) is 28.2 Å². The molecule has 0 spiro atoms. The first kappa shape index (κ1) is 20.6. The van der Waals surface area contributed by atoms with Crippen molar-refractivity contribution in [2.45, 2.75) is 38.8 Å². The number of pyridine rings is 1. The van der Waals surface area contributed by atoms with Gasteiger partial charge < -0.3 is 4.74 Å². The van der Waals surface area contributed by atoms with Crippen LogP contribution in [0.2, 0.25) is 0 Å². The second kappa shape index (κ2) is 8.11. The van der Waals surface area contributed by atoms with Gasteiger partial charge in [-0.05, 0) is 43.4 Å². The minimum atomic E-state index is -4.86. The molecule has 1 aliphatic rings. The molecule has 0 aliphatic heterocycles. The molecule has 0 amide bonds. The van der Waals surface area contributed by atoms with Crippen LogP contribution in [-0.4, -0.2) is 17.5 Å². The molecule has 0 bridgehead atoms. The van der Waals surface area contributed by atoms with Crippen molar-refractivity contribution in [1.82, 2.24) is 4.68 Å². The molecule has 0 N–H and O–H groups in total. The summed E-state index contributed by atoms with van der Waals surface area (Å²) in [6, 6.07) is 8.67. The average Bonchev–Trinajstić information content (AvgIpc) is 2.69. The molecule has 1 saturated carbocycles. The Balaban J connectivity index is 2.38. The Morgan fingerprint density at radius 1 is 1.28 bits per heavy atom. The molecule has 1 atom stereocenters. The highest BCUT2D eigenvalue weighted by molar-refractivity contribution is 5.87. The van der Waals surface area contributed by atoms with Crippen molar-refractivity contribution in [3.05, 3.63) is 51.8 Å². The first-order valence-electron chi connectivity index (χ1n) is 9.26. The van der Waals surface area contributed by atoms with Crippen molar-refractivity contribution in [3.63, 3.8) is 0 Å². The van der Waals surface area contributed by atoms with Gasteiger partial charge in [0.2, 0.25) is 0 Å². The lowest BCUT2D eigenvalue weighted by atomic mass is 9.89. The number of hydrogen-bond donors (Lipinski definition) is 0. The van der Waals surface area contributed by atoms with Crippen LogP contribution in [0.4, 0.5) is 13.2 Å². The third kappa shape index (κ3) is 4.04. The molecule has 1 heterocycles. The van der Waals surface area contributed by atoms with Crippen molar-refractivity contribution < 1.29 is 17.9 Å². The fourth-order valence-corrected chi connectivity index (χ4v) is 3.53. The van der Waals surface area contributed by atoms with Crippen LogP contribution in [0.3, 0.4) is 0 Å². The van der Waals surface area contributed by atoms with Gasteiger partial charge in [-0.3, -0.25) is 4.79 Å². The molecule has 0 saturated heterocycles. The third-order valence-electron chi connectivity index (χ3n) is 5.10. The average molecular weight is 403 g/mol. The molecule has 1 aromatic carbocycles. The Morgan fingerprint density at radius 3 is 2.62 bits per heavy atom. The summed E-state index contributed by atoms with van der Waals surface area (Å²) in [5.74, 6) is 0.407. The molecule has 1 aliphatic carbocycles. The number of ether oxygens (including phenoxy) is 1. The zero-order chi connectivity index (χ0) is 21.2. The van der Waals surface area contributed by atoms with Gasteiger partial charge in [-0.25, -0.2) is 0 Å². The van der Waals surface area contributed by atoms with Crippen LogP contribution < -0.4 is 10.3 Å². The SMILES string of the molecule is COc1ccccc1-c1cc(C(F)(F)F)c(C#N)c(=O)n1N=C1CCCCC1C. The standard InChI is InChI=1S/C21H20F3N3O2/c1-13-7-3-5-9-17(13)26-27-18(14-8-4-6-10-19(14)29-2)11-16(21(22,23)24)15(12-25)20(27)28/h4,6,8,10-11,13H,3,5,7,9H2,1-2H3. The summed E-state index contributed by atoms with van der Waals surface area (Å²) < 4.78 is 46.9. The van der Waals surface area contributed by atoms with E-state index < -0.39 is 22.9 Å². The van der Waals surface area contributed by atoms with Gasteiger partial charge in [0, 0.05) is 11.3 Å². The number of nitriles is 1. The summed E-state index contributed by atoms with van der Waals surface area (Å²) in [5.41, 5.74) is -2.38. The lowest BCUT2D eigenvalue weighted by Gasteiger charge is -2.22. The van der Waals surface area contributed by atoms with E-state index in [4.69, 9.17) is 4.74 Å². The predicted molar refractivity (Wildman–Crippen MR) is 103 cm³/mol. The Bertz CT molecular complexity index is 1050. The van der Waals surface area contributed by atoms with E-state index in [1.807, 2.05) is 6.92 Å². The van der Waals surface area contributed by atoms with E-state index >= 15 is 0 Å². The van der Waals surface area contributed by atoms with Crippen molar-refractivity contribution >= 4 is 5.71 Å². The molecule has 3 rings (SSSR count). The number of nitrogens with zero attached hydrogens (tertiary/aromatic N) is 3. The van der Waals surface area contributed by atoms with Crippen LogP contribution in [0.15, 0.2) is 40.2 Å². The number of hydrogen-bond acceptors (Lipinski definition) is 4. The highest BCUT2D eigenvalue weighted by atomic mass is 19.4. The van der Waals surface area contributed by atoms with E-state index in [1.54, 1.807) is 24.3 Å². The summed E-state index contributed by atoms with van der Waals surface area (Å²) >= 11 is 0. The van der Waals surface area contributed by atoms with Gasteiger partial charge in [0.15, 0.2) is 0 Å². The highest BCUT2D eigenvalue weighted by Gasteiger charge is 2.37. The van der Waals surface area contributed by atoms with Gasteiger partial charge in [-0.15, -0.1) is 0 Å². The van der Waals surface area contributed by atoms with Gasteiger partial charge in [0.05, 0.1) is 18.4 Å². The molecular weight excluding hydrogens is 383 g/mol. The quantitative estimate of drug-likeness (QED) is 0.737. The molecule has 8 heteroatoms. The lowest BCUT2D eigenvalue weighted by Crippen LogP contribution is -2.28. The molecule has 1 unspecified atom stereocenters. The summed E-state index contributed by atoms with van der Waals surface area (Å²) in [4.78, 5) is 12.9. The molecule has 0 radical (unpaired) electrons. The van der Waals surface area contributed by atoms with Crippen LogP contribution >= 0.6 is 0 Å². The van der Waals surface area contributed by atoms with Crippen molar-refractivity contribution in [2.75, 3.05) is 7.11 Å². The molecule has 5 nitrogen and oxygen atoms in total. The highest BCUT2D eigenvalue weighted by Crippen LogP contribution is 2.36. The maximum atomic E-state index is 13.6. The second-order valence-corrected chi connectivity index (χ2v) is 6.98. The van der Waals surface area contributed by atoms with E-state index in [-0.39, 0.29) is 17.2 Å². The fraction of sp³-hybridized carbons (Fsp3) is 0.381. The predicted octanol–water partition coefficient (Wildman–Crippen LogP) is 4.83. The number of rotatable bonds is 3. The number of alkyl halides is 3. The summed E-state index contributed by atoms with van der Waals surface area (Å²) in [6.45, 7) is 1.97. The number of aromatic nitrogens is 1. The maximum Gasteiger partial charge on any atom is 0.417 e. The molecule has 29 heavy (non-hydrogen) atoms. The maximum absolute atomic E-state index is 13.6. The Hall–Kier alpha value is -3.08. The number of benzene rings is 1. The van der Waals surface area contributed by atoms with E-state index in [0.717, 1.165) is 35.7 Å². The Kier molecular flexibility index (Phi) is 5.78. The largest absolute Gasteiger partial charge is 0.496 e. The fourth-order valence-electron chi connectivity index (χ4n) is 3.53. The minimum absolute atomic E-state index is 0.0657. The van der Waals surface area contributed by atoms with Crippen LogP contribution in [0.25, 0.3) is 11.3 Å². The second-order valence-electron chi connectivity index (χ2n) is 6.98. The minimum Gasteiger partial charge on any atom is -0.496 e. The van der Waals surface area contributed by atoms with Crippen molar-refractivity contribution in [3.8, 4) is 23.1 Å². The zero-order valence-electron chi connectivity index (χ0n) is 16.1.